The van der Waals surface area contributed by atoms with Crippen molar-refractivity contribution in [1.29, 1.82) is 0 Å². The van der Waals surface area contributed by atoms with Crippen molar-refractivity contribution >= 4 is 16.8 Å². The summed E-state index contributed by atoms with van der Waals surface area (Å²) in [6.07, 6.45) is 14.0. The minimum absolute atomic E-state index is 0.204. The minimum atomic E-state index is 0.204. The van der Waals surface area contributed by atoms with E-state index in [4.69, 9.17) is 0 Å². The highest BCUT2D eigenvalue weighted by molar-refractivity contribution is 5.84. The molecule has 0 spiro atoms. The van der Waals surface area contributed by atoms with Gasteiger partial charge in [0.25, 0.3) is 0 Å². The van der Waals surface area contributed by atoms with Gasteiger partial charge in [-0.05, 0) is 42.9 Å². The molecule has 1 N–H and O–H groups in total. The molecule has 5 rings (SSSR count). The number of hydrogen-bond donors (Lipinski definition) is 1. The fourth-order valence-corrected chi connectivity index (χ4v) is 5.25. The SMILES string of the molecule is O=C(CCCc1cn(Cc2cn(Cc3ccccc3)nn2)c2ccccc12)NC1CCCCCC1. The summed E-state index contributed by atoms with van der Waals surface area (Å²) < 4.78 is 4.15. The quantitative estimate of drug-likeness (QED) is 0.330. The summed E-state index contributed by atoms with van der Waals surface area (Å²) in [7, 11) is 0. The van der Waals surface area contributed by atoms with E-state index < -0.39 is 0 Å². The minimum Gasteiger partial charge on any atom is -0.353 e. The molecule has 182 valence electrons. The topological polar surface area (TPSA) is 64.7 Å². The Balaban J connectivity index is 1.20. The third-order valence-corrected chi connectivity index (χ3v) is 7.05. The van der Waals surface area contributed by atoms with E-state index >= 15 is 0 Å². The van der Waals surface area contributed by atoms with Crippen LogP contribution >= 0.6 is 0 Å². The molecule has 0 aliphatic heterocycles. The van der Waals surface area contributed by atoms with Crippen LogP contribution in [0.1, 0.15) is 68.2 Å². The van der Waals surface area contributed by atoms with E-state index in [1.165, 1.54) is 47.7 Å². The molecule has 0 atom stereocenters. The van der Waals surface area contributed by atoms with Gasteiger partial charge in [-0.15, -0.1) is 5.10 Å². The number of benzene rings is 2. The molecule has 4 aromatic rings. The highest BCUT2D eigenvalue weighted by atomic mass is 16.1. The standard InChI is InChI=1S/C29H35N5O/c35-29(30-25-14-6-1-2-7-15-25)18-10-13-24-20-33(28-17-9-8-16-27(24)28)21-26-22-34(32-31-26)19-23-11-4-3-5-12-23/h3-5,8-9,11-12,16-17,20,22,25H,1-2,6-7,10,13-15,18-19,21H2,(H,30,35). The van der Waals surface area contributed by atoms with E-state index in [0.717, 1.165) is 31.4 Å². The zero-order valence-electron chi connectivity index (χ0n) is 20.4. The molecule has 0 saturated heterocycles. The highest BCUT2D eigenvalue weighted by Gasteiger charge is 2.15. The van der Waals surface area contributed by atoms with Gasteiger partial charge in [0, 0.05) is 29.6 Å². The number of carbonyl (C=O) groups excluding carboxylic acids is 1. The Morgan fingerprint density at radius 1 is 0.914 bits per heavy atom. The lowest BCUT2D eigenvalue weighted by atomic mass is 10.1. The van der Waals surface area contributed by atoms with Gasteiger partial charge in [-0.2, -0.15) is 0 Å². The van der Waals surface area contributed by atoms with Crippen molar-refractivity contribution < 1.29 is 4.79 Å². The maximum Gasteiger partial charge on any atom is 0.220 e. The second-order valence-electron chi connectivity index (χ2n) is 9.80. The van der Waals surface area contributed by atoms with Crippen LogP contribution in [-0.2, 0) is 24.3 Å². The first kappa shape index (κ1) is 23.3. The van der Waals surface area contributed by atoms with E-state index in [0.29, 0.717) is 25.6 Å². The predicted octanol–water partition coefficient (Wildman–Crippen LogP) is 5.49. The Kier molecular flexibility index (Phi) is 7.56. The van der Waals surface area contributed by atoms with Crippen LogP contribution in [-0.4, -0.2) is 31.5 Å². The number of amides is 1. The molecule has 1 aliphatic rings. The van der Waals surface area contributed by atoms with Crippen molar-refractivity contribution in [2.75, 3.05) is 0 Å². The average molecular weight is 470 g/mol. The number of rotatable bonds is 9. The van der Waals surface area contributed by atoms with E-state index in [9.17, 15) is 4.79 Å². The first-order chi connectivity index (χ1) is 17.2. The van der Waals surface area contributed by atoms with Gasteiger partial charge < -0.3 is 9.88 Å². The summed E-state index contributed by atoms with van der Waals surface area (Å²) in [4.78, 5) is 12.5. The van der Waals surface area contributed by atoms with Crippen LogP contribution < -0.4 is 5.32 Å². The van der Waals surface area contributed by atoms with Crippen molar-refractivity contribution in [1.82, 2.24) is 24.9 Å². The summed E-state index contributed by atoms with van der Waals surface area (Å²) >= 11 is 0. The summed E-state index contributed by atoms with van der Waals surface area (Å²) in [5.41, 5.74) is 4.64. The fourth-order valence-electron chi connectivity index (χ4n) is 5.25. The van der Waals surface area contributed by atoms with Gasteiger partial charge in [-0.25, -0.2) is 4.68 Å². The lowest BCUT2D eigenvalue weighted by Crippen LogP contribution is -2.34. The number of aromatic nitrogens is 4. The Labute approximate surface area is 207 Å². The molecule has 2 aromatic carbocycles. The zero-order valence-corrected chi connectivity index (χ0v) is 20.4. The second-order valence-corrected chi connectivity index (χ2v) is 9.80. The Morgan fingerprint density at radius 2 is 1.69 bits per heavy atom. The molecule has 6 nitrogen and oxygen atoms in total. The number of nitrogens with zero attached hydrogens (tertiary/aromatic N) is 4. The number of hydrogen-bond acceptors (Lipinski definition) is 3. The van der Waals surface area contributed by atoms with Crippen LogP contribution in [0.15, 0.2) is 67.0 Å². The second kappa shape index (κ2) is 11.3. The Bertz CT molecular complexity index is 1230. The summed E-state index contributed by atoms with van der Waals surface area (Å²) in [5.74, 6) is 0.204. The van der Waals surface area contributed by atoms with Crippen molar-refractivity contribution in [3.63, 3.8) is 0 Å². The van der Waals surface area contributed by atoms with Crippen LogP contribution in [0.2, 0.25) is 0 Å². The molecule has 0 unspecified atom stereocenters. The maximum atomic E-state index is 12.5. The van der Waals surface area contributed by atoms with E-state index in [-0.39, 0.29) is 5.91 Å². The zero-order chi connectivity index (χ0) is 23.9. The van der Waals surface area contributed by atoms with Crippen LogP contribution in [0.4, 0.5) is 0 Å². The van der Waals surface area contributed by atoms with Gasteiger partial charge in [0.1, 0.15) is 5.69 Å². The molecule has 2 aromatic heterocycles. The maximum absolute atomic E-state index is 12.5. The molecule has 1 fully saturated rings. The lowest BCUT2D eigenvalue weighted by Gasteiger charge is -2.16. The summed E-state index contributed by atoms with van der Waals surface area (Å²) in [5, 5.41) is 13.3. The molecular weight excluding hydrogens is 434 g/mol. The first-order valence-electron chi connectivity index (χ1n) is 13.0. The van der Waals surface area contributed by atoms with Gasteiger partial charge in [0.2, 0.25) is 5.91 Å². The van der Waals surface area contributed by atoms with Gasteiger partial charge in [-0.3, -0.25) is 4.79 Å². The molecule has 35 heavy (non-hydrogen) atoms. The van der Waals surface area contributed by atoms with E-state index in [1.54, 1.807) is 0 Å². The van der Waals surface area contributed by atoms with Crippen LogP contribution in [0.3, 0.4) is 0 Å². The molecule has 1 amide bonds. The summed E-state index contributed by atoms with van der Waals surface area (Å²) in [6.45, 7) is 1.39. The van der Waals surface area contributed by atoms with E-state index in [2.05, 4.69) is 62.8 Å². The molecule has 0 bridgehead atoms. The third kappa shape index (κ3) is 6.18. The molecule has 2 heterocycles. The third-order valence-electron chi connectivity index (χ3n) is 7.05. The Morgan fingerprint density at radius 3 is 2.51 bits per heavy atom. The number of para-hydroxylation sites is 1. The monoisotopic (exact) mass is 469 g/mol. The fraction of sp³-hybridized carbons (Fsp3) is 0.414. The number of nitrogens with one attached hydrogen (secondary N) is 1. The van der Waals surface area contributed by atoms with Crippen molar-refractivity contribution in [2.45, 2.75) is 76.9 Å². The van der Waals surface area contributed by atoms with Gasteiger partial charge in [0.05, 0.1) is 19.3 Å². The molecule has 6 heteroatoms. The largest absolute Gasteiger partial charge is 0.353 e. The Hall–Kier alpha value is -3.41. The normalized spacial score (nSPS) is 14.7. The van der Waals surface area contributed by atoms with Crippen LogP contribution in [0.5, 0.6) is 0 Å². The molecular formula is C29H35N5O. The van der Waals surface area contributed by atoms with Gasteiger partial charge in [-0.1, -0.05) is 79.4 Å². The lowest BCUT2D eigenvalue weighted by molar-refractivity contribution is -0.121. The molecule has 0 radical (unpaired) electrons. The number of aryl methyl sites for hydroxylation is 1. The van der Waals surface area contributed by atoms with Crippen LogP contribution in [0.25, 0.3) is 10.9 Å². The predicted molar refractivity (Wildman–Crippen MR) is 139 cm³/mol. The van der Waals surface area contributed by atoms with Crippen molar-refractivity contribution in [3.8, 4) is 0 Å². The van der Waals surface area contributed by atoms with E-state index in [1.807, 2.05) is 29.1 Å². The number of carbonyl (C=O) groups is 1. The number of fused-ring (bicyclic) bond motifs is 1. The smallest absolute Gasteiger partial charge is 0.220 e. The highest BCUT2D eigenvalue weighted by Crippen LogP contribution is 2.24. The van der Waals surface area contributed by atoms with Crippen LogP contribution in [0, 0.1) is 0 Å². The molecule has 1 aliphatic carbocycles. The van der Waals surface area contributed by atoms with Gasteiger partial charge in [0.15, 0.2) is 0 Å². The van der Waals surface area contributed by atoms with Crippen molar-refractivity contribution in [3.05, 3.63) is 83.8 Å². The first-order valence-corrected chi connectivity index (χ1v) is 13.0. The van der Waals surface area contributed by atoms with Gasteiger partial charge >= 0.3 is 0 Å². The molecule has 1 saturated carbocycles. The average Bonchev–Trinajstić information content (AvgIpc) is 3.35. The summed E-state index contributed by atoms with van der Waals surface area (Å²) in [6, 6.07) is 19.2. The van der Waals surface area contributed by atoms with Crippen molar-refractivity contribution in [2.24, 2.45) is 0 Å².